The van der Waals surface area contributed by atoms with Crippen molar-refractivity contribution in [2.45, 2.75) is 94.8 Å². The van der Waals surface area contributed by atoms with Gasteiger partial charge in [-0.25, -0.2) is 0 Å². The van der Waals surface area contributed by atoms with Gasteiger partial charge in [0.2, 0.25) is 0 Å². The van der Waals surface area contributed by atoms with Crippen LogP contribution >= 0.6 is 0 Å². The highest BCUT2D eigenvalue weighted by molar-refractivity contribution is 5.74. The van der Waals surface area contributed by atoms with Gasteiger partial charge in [0.25, 0.3) is 0 Å². The standard InChI is InChI=1S/C28H37NO6/c1-5-7-9-22(30)33-20-13-14-28(35-23(31)10-8-6-2)21-17-18-11-12-19(32-4)25-24(18)27(28,26(20)34-25)15-16-29(21)3/h11-13,21,26H,5-10,14-17H2,1-4H3. The molecule has 0 radical (unpaired) electrons. The van der Waals surface area contributed by atoms with E-state index in [1.54, 1.807) is 7.11 Å². The lowest BCUT2D eigenvalue weighted by Crippen LogP contribution is -2.75. The summed E-state index contributed by atoms with van der Waals surface area (Å²) < 4.78 is 24.9. The van der Waals surface area contributed by atoms with Crippen LogP contribution in [0.15, 0.2) is 24.0 Å². The van der Waals surface area contributed by atoms with Crippen molar-refractivity contribution >= 4 is 11.9 Å². The lowest BCUT2D eigenvalue weighted by atomic mass is 9.50. The maximum Gasteiger partial charge on any atom is 0.310 e. The largest absolute Gasteiger partial charge is 0.493 e. The van der Waals surface area contributed by atoms with Crippen LogP contribution in [0.3, 0.4) is 0 Å². The Hall–Kier alpha value is -2.54. The zero-order chi connectivity index (χ0) is 24.8. The lowest BCUT2D eigenvalue weighted by molar-refractivity contribution is -0.206. The van der Waals surface area contributed by atoms with Gasteiger partial charge in [0.05, 0.1) is 18.6 Å². The molecule has 4 unspecified atom stereocenters. The Balaban J connectivity index is 1.65. The second kappa shape index (κ2) is 9.16. The molecule has 0 amide bonds. The highest BCUT2D eigenvalue weighted by atomic mass is 16.6. The molecule has 2 aliphatic carbocycles. The summed E-state index contributed by atoms with van der Waals surface area (Å²) in [5.41, 5.74) is 0.848. The van der Waals surface area contributed by atoms with Crippen LogP contribution in [0.5, 0.6) is 11.5 Å². The van der Waals surface area contributed by atoms with E-state index in [1.807, 2.05) is 12.1 Å². The van der Waals surface area contributed by atoms with E-state index in [0.717, 1.165) is 50.6 Å². The summed E-state index contributed by atoms with van der Waals surface area (Å²) in [7, 11) is 3.75. The normalized spacial score (nSPS) is 30.1. The fourth-order valence-electron chi connectivity index (χ4n) is 6.84. The first-order chi connectivity index (χ1) is 16.9. The maximum absolute atomic E-state index is 13.2. The molecule has 1 saturated heterocycles. The van der Waals surface area contributed by atoms with Gasteiger partial charge in [0.1, 0.15) is 11.4 Å². The molecule has 1 aromatic rings. The number of benzene rings is 1. The van der Waals surface area contributed by atoms with Crippen molar-refractivity contribution in [1.82, 2.24) is 4.90 Å². The third-order valence-corrected chi connectivity index (χ3v) is 8.52. The molecular formula is C28H37NO6. The predicted octanol–water partition coefficient (Wildman–Crippen LogP) is 4.45. The van der Waals surface area contributed by atoms with E-state index in [2.05, 4.69) is 31.9 Å². The highest BCUT2D eigenvalue weighted by Crippen LogP contribution is 2.66. The van der Waals surface area contributed by atoms with Crippen molar-refractivity contribution in [1.29, 1.82) is 0 Å². The van der Waals surface area contributed by atoms with E-state index in [1.165, 1.54) is 5.56 Å². The Labute approximate surface area is 207 Å². The molecule has 2 bridgehead atoms. The summed E-state index contributed by atoms with van der Waals surface area (Å²) in [6.07, 6.45) is 7.61. The van der Waals surface area contributed by atoms with E-state index in [9.17, 15) is 9.59 Å². The van der Waals surface area contributed by atoms with Crippen molar-refractivity contribution < 1.29 is 28.5 Å². The summed E-state index contributed by atoms with van der Waals surface area (Å²) >= 11 is 0. The highest BCUT2D eigenvalue weighted by Gasteiger charge is 2.74. The average molecular weight is 484 g/mol. The molecule has 0 saturated carbocycles. The summed E-state index contributed by atoms with van der Waals surface area (Å²) in [6.45, 7) is 4.97. The number of nitrogens with zero attached hydrogens (tertiary/aromatic N) is 1. The summed E-state index contributed by atoms with van der Waals surface area (Å²) in [5.74, 6) is 1.49. The molecular weight excluding hydrogens is 446 g/mol. The smallest absolute Gasteiger partial charge is 0.310 e. The molecule has 1 fully saturated rings. The number of methoxy groups -OCH3 is 1. The van der Waals surface area contributed by atoms with Crippen molar-refractivity contribution in [3.05, 3.63) is 35.1 Å². The number of rotatable bonds is 9. The number of piperidine rings is 1. The minimum Gasteiger partial charge on any atom is -0.493 e. The summed E-state index contributed by atoms with van der Waals surface area (Å²) in [4.78, 5) is 28.2. The Morgan fingerprint density at radius 3 is 2.60 bits per heavy atom. The van der Waals surface area contributed by atoms with Crippen LogP contribution < -0.4 is 9.47 Å². The number of likely N-dealkylation sites (N-methyl/N-ethyl adjacent to an activating group) is 1. The molecule has 190 valence electrons. The third-order valence-electron chi connectivity index (χ3n) is 8.52. The lowest BCUT2D eigenvalue weighted by Gasteiger charge is -2.62. The van der Waals surface area contributed by atoms with Crippen molar-refractivity contribution in [2.75, 3.05) is 20.7 Å². The molecule has 7 nitrogen and oxygen atoms in total. The Bertz CT molecular complexity index is 1050. The zero-order valence-corrected chi connectivity index (χ0v) is 21.4. The Morgan fingerprint density at radius 2 is 1.89 bits per heavy atom. The van der Waals surface area contributed by atoms with Crippen molar-refractivity contribution in [2.24, 2.45) is 0 Å². The van der Waals surface area contributed by atoms with E-state index in [-0.39, 0.29) is 18.0 Å². The first-order valence-corrected chi connectivity index (χ1v) is 13.1. The van der Waals surface area contributed by atoms with Gasteiger partial charge < -0.3 is 18.9 Å². The monoisotopic (exact) mass is 483 g/mol. The van der Waals surface area contributed by atoms with Gasteiger partial charge in [-0.15, -0.1) is 0 Å². The molecule has 4 atom stereocenters. The number of carbonyl (C=O) groups excluding carboxylic acids is 2. The summed E-state index contributed by atoms with van der Waals surface area (Å²) in [6, 6.07) is 4.08. The molecule has 2 heterocycles. The number of likely N-dealkylation sites (tertiary alicyclic amines) is 1. The fraction of sp³-hybridized carbons (Fsp3) is 0.643. The van der Waals surface area contributed by atoms with Gasteiger partial charge in [0.15, 0.2) is 17.6 Å². The molecule has 7 heteroatoms. The van der Waals surface area contributed by atoms with Crippen LogP contribution in [-0.2, 0) is 30.9 Å². The second-order valence-electron chi connectivity index (χ2n) is 10.4. The average Bonchev–Trinajstić information content (AvgIpc) is 3.21. The van der Waals surface area contributed by atoms with Gasteiger partial charge in [-0.2, -0.15) is 0 Å². The summed E-state index contributed by atoms with van der Waals surface area (Å²) in [5, 5.41) is 0. The van der Waals surface area contributed by atoms with Gasteiger partial charge >= 0.3 is 11.9 Å². The van der Waals surface area contributed by atoms with Crippen LogP contribution in [-0.4, -0.2) is 55.3 Å². The molecule has 0 N–H and O–H groups in total. The third kappa shape index (κ3) is 3.49. The second-order valence-corrected chi connectivity index (χ2v) is 10.4. The number of hydrogen-bond donors (Lipinski definition) is 0. The van der Waals surface area contributed by atoms with Crippen molar-refractivity contribution in [3.8, 4) is 11.5 Å². The van der Waals surface area contributed by atoms with Crippen LogP contribution in [0.1, 0.15) is 76.3 Å². The number of unbranched alkanes of at least 4 members (excludes halogenated alkanes) is 2. The van der Waals surface area contributed by atoms with E-state index in [4.69, 9.17) is 18.9 Å². The molecule has 4 aliphatic rings. The first kappa shape index (κ1) is 24.2. The van der Waals surface area contributed by atoms with E-state index >= 15 is 0 Å². The van der Waals surface area contributed by atoms with Gasteiger partial charge in [-0.1, -0.05) is 32.8 Å². The van der Waals surface area contributed by atoms with Gasteiger partial charge in [-0.05, 0) is 57.0 Å². The van der Waals surface area contributed by atoms with E-state index in [0.29, 0.717) is 36.5 Å². The van der Waals surface area contributed by atoms with Crippen LogP contribution in [0.25, 0.3) is 0 Å². The topological polar surface area (TPSA) is 74.3 Å². The minimum absolute atomic E-state index is 0.00774. The molecule has 1 spiro atoms. The molecule has 35 heavy (non-hydrogen) atoms. The number of ether oxygens (including phenoxy) is 4. The van der Waals surface area contributed by atoms with Crippen molar-refractivity contribution in [3.63, 3.8) is 0 Å². The molecule has 5 rings (SSSR count). The number of esters is 2. The number of hydrogen-bond acceptors (Lipinski definition) is 7. The van der Waals surface area contributed by atoms with Crippen LogP contribution in [0.4, 0.5) is 0 Å². The zero-order valence-electron chi connectivity index (χ0n) is 21.4. The molecule has 2 aliphatic heterocycles. The van der Waals surface area contributed by atoms with Gasteiger partial charge in [0, 0.05) is 24.8 Å². The van der Waals surface area contributed by atoms with E-state index < -0.39 is 17.1 Å². The maximum atomic E-state index is 13.2. The fourth-order valence-corrected chi connectivity index (χ4v) is 6.84. The van der Waals surface area contributed by atoms with Crippen LogP contribution in [0, 0.1) is 0 Å². The van der Waals surface area contributed by atoms with Crippen LogP contribution in [0.2, 0.25) is 0 Å². The SMILES string of the molecule is CCCCC(=O)OC1=CCC2(OC(=O)CCCC)C3Cc4ccc(OC)c5c4C2(CCN3C)C1O5. The Kier molecular flexibility index (Phi) is 6.32. The molecule has 0 aromatic heterocycles. The first-order valence-electron chi connectivity index (χ1n) is 13.1. The number of carbonyl (C=O) groups is 2. The Morgan fingerprint density at radius 1 is 1.14 bits per heavy atom. The quantitative estimate of drug-likeness (QED) is 0.481. The van der Waals surface area contributed by atoms with Gasteiger partial charge in [-0.3, -0.25) is 14.5 Å². The minimum atomic E-state index is -0.792. The predicted molar refractivity (Wildman–Crippen MR) is 130 cm³/mol. The molecule has 1 aromatic carbocycles.